The van der Waals surface area contributed by atoms with E-state index in [1.54, 1.807) is 12.3 Å². The molecule has 0 saturated carbocycles. The molecule has 1 aliphatic rings. The zero-order chi connectivity index (χ0) is 16.8. The van der Waals surface area contributed by atoms with Crippen molar-refractivity contribution >= 4 is 11.6 Å². The van der Waals surface area contributed by atoms with Crippen LogP contribution < -0.4 is 0 Å². The third-order valence-corrected chi connectivity index (χ3v) is 4.88. The van der Waals surface area contributed by atoms with Crippen LogP contribution in [0.2, 0.25) is 5.02 Å². The van der Waals surface area contributed by atoms with Gasteiger partial charge in [0.15, 0.2) is 0 Å². The summed E-state index contributed by atoms with van der Waals surface area (Å²) in [5.74, 6) is 0.584. The third-order valence-electron chi connectivity index (χ3n) is 4.55. The average molecular weight is 338 g/mol. The van der Waals surface area contributed by atoms with Crippen LogP contribution in [0, 0.1) is 11.2 Å². The van der Waals surface area contributed by atoms with Gasteiger partial charge in [0.25, 0.3) is 0 Å². The highest BCUT2D eigenvalue weighted by atomic mass is 35.5. The Hall–Kier alpha value is -1.43. The Kier molecular flexibility index (Phi) is 4.21. The van der Waals surface area contributed by atoms with E-state index in [9.17, 15) is 9.50 Å². The van der Waals surface area contributed by atoms with Crippen LogP contribution in [0.1, 0.15) is 37.4 Å². The second kappa shape index (κ2) is 5.89. The first-order valence-electron chi connectivity index (χ1n) is 7.64. The molecule has 6 heteroatoms. The highest BCUT2D eigenvalue weighted by Crippen LogP contribution is 2.48. The maximum atomic E-state index is 13.2. The van der Waals surface area contributed by atoms with E-state index in [4.69, 9.17) is 11.6 Å². The zero-order valence-corrected chi connectivity index (χ0v) is 14.3. The number of nitrogens with zero attached hydrogens (tertiary/aromatic N) is 3. The van der Waals surface area contributed by atoms with Crippen molar-refractivity contribution < 1.29 is 9.50 Å². The summed E-state index contributed by atoms with van der Waals surface area (Å²) < 4.78 is 15.2. The van der Waals surface area contributed by atoms with Gasteiger partial charge >= 0.3 is 0 Å². The number of aliphatic hydroxyl groups excluding tert-OH is 1. The maximum absolute atomic E-state index is 13.2. The second-order valence-electron chi connectivity index (χ2n) is 6.90. The number of aryl methyl sites for hydroxylation is 1. The topological polar surface area (TPSA) is 41.3 Å². The van der Waals surface area contributed by atoms with Gasteiger partial charge in [-0.1, -0.05) is 31.5 Å². The van der Waals surface area contributed by atoms with E-state index < -0.39 is 11.9 Å². The molecule has 0 radical (unpaired) electrons. The summed E-state index contributed by atoms with van der Waals surface area (Å²) in [6.07, 6.45) is 2.95. The molecule has 4 nitrogen and oxygen atoms in total. The molecule has 124 valence electrons. The second-order valence-corrected chi connectivity index (χ2v) is 7.31. The van der Waals surface area contributed by atoms with E-state index in [1.165, 1.54) is 12.1 Å². The molecule has 1 N–H and O–H groups in total. The SMILES string of the molecule is Cn1ccnc1[C@H]1N(C[C@@H](O)c2ccc(F)cc2Cl)CC1(C)C. The molecule has 1 saturated heterocycles. The average Bonchev–Trinajstić information content (AvgIpc) is 2.83. The molecule has 0 unspecified atom stereocenters. The van der Waals surface area contributed by atoms with E-state index in [0.717, 1.165) is 12.4 Å². The van der Waals surface area contributed by atoms with Crippen molar-refractivity contribution in [1.82, 2.24) is 14.5 Å². The van der Waals surface area contributed by atoms with Crippen molar-refractivity contribution in [1.29, 1.82) is 0 Å². The number of hydrogen-bond acceptors (Lipinski definition) is 3. The summed E-state index contributed by atoms with van der Waals surface area (Å²) in [6, 6.07) is 4.23. The van der Waals surface area contributed by atoms with Crippen molar-refractivity contribution in [2.75, 3.05) is 13.1 Å². The molecule has 1 aromatic heterocycles. The summed E-state index contributed by atoms with van der Waals surface area (Å²) in [5.41, 5.74) is 0.641. The number of benzene rings is 1. The summed E-state index contributed by atoms with van der Waals surface area (Å²) in [6.45, 7) is 5.69. The summed E-state index contributed by atoms with van der Waals surface area (Å²) in [5, 5.41) is 10.8. The summed E-state index contributed by atoms with van der Waals surface area (Å²) in [7, 11) is 1.97. The molecule has 0 spiro atoms. The number of rotatable bonds is 4. The minimum atomic E-state index is -0.762. The number of β-amino-alcohol motifs (C(OH)–C–C–N with tert-alkyl or cyclic N) is 1. The Morgan fingerprint density at radius 3 is 2.78 bits per heavy atom. The Balaban J connectivity index is 1.78. The molecule has 0 amide bonds. The van der Waals surface area contributed by atoms with Gasteiger partial charge < -0.3 is 9.67 Å². The highest BCUT2D eigenvalue weighted by molar-refractivity contribution is 6.31. The Labute approximate surface area is 140 Å². The highest BCUT2D eigenvalue weighted by Gasteiger charge is 2.48. The normalized spacial score (nSPS) is 21.9. The molecule has 0 aliphatic carbocycles. The number of imidazole rings is 1. The van der Waals surface area contributed by atoms with Crippen LogP contribution in [0.25, 0.3) is 0 Å². The fourth-order valence-corrected chi connectivity index (χ4v) is 3.79. The smallest absolute Gasteiger partial charge is 0.126 e. The van der Waals surface area contributed by atoms with E-state index >= 15 is 0 Å². The van der Waals surface area contributed by atoms with Crippen LogP contribution in [-0.2, 0) is 7.05 Å². The molecule has 0 bridgehead atoms. The lowest BCUT2D eigenvalue weighted by Crippen LogP contribution is -2.57. The number of aliphatic hydroxyl groups is 1. The van der Waals surface area contributed by atoms with Crippen LogP contribution in [0.4, 0.5) is 4.39 Å². The summed E-state index contributed by atoms with van der Waals surface area (Å²) >= 11 is 6.05. The molecule has 23 heavy (non-hydrogen) atoms. The van der Waals surface area contributed by atoms with E-state index in [-0.39, 0.29) is 16.5 Å². The van der Waals surface area contributed by atoms with Gasteiger partial charge in [0.2, 0.25) is 0 Å². The Morgan fingerprint density at radius 2 is 2.22 bits per heavy atom. The molecule has 1 aliphatic heterocycles. The zero-order valence-electron chi connectivity index (χ0n) is 13.5. The molecule has 3 rings (SSSR count). The van der Waals surface area contributed by atoms with Gasteiger partial charge in [-0.15, -0.1) is 0 Å². The van der Waals surface area contributed by atoms with Crippen molar-refractivity contribution in [2.45, 2.75) is 26.0 Å². The molecule has 2 heterocycles. The fraction of sp³-hybridized carbons (Fsp3) is 0.471. The number of aromatic nitrogens is 2. The van der Waals surface area contributed by atoms with Crippen LogP contribution in [-0.4, -0.2) is 32.6 Å². The number of halogens is 2. The Morgan fingerprint density at radius 1 is 1.48 bits per heavy atom. The predicted molar refractivity (Wildman–Crippen MR) is 87.7 cm³/mol. The lowest BCUT2D eigenvalue weighted by molar-refractivity contribution is -0.0798. The quantitative estimate of drug-likeness (QED) is 0.930. The lowest BCUT2D eigenvalue weighted by atomic mass is 9.74. The first-order valence-corrected chi connectivity index (χ1v) is 8.01. The standard InChI is InChI=1S/C17H21ClFN3O/c1-17(2)10-22(15(17)16-20-6-7-21(16)3)9-14(23)12-5-4-11(19)8-13(12)18/h4-8,14-15,23H,9-10H2,1-3H3/t14-,15-/m1/s1. The molecular formula is C17H21ClFN3O. The maximum Gasteiger partial charge on any atom is 0.126 e. The number of hydrogen-bond donors (Lipinski definition) is 1. The van der Waals surface area contributed by atoms with E-state index in [2.05, 4.69) is 23.7 Å². The van der Waals surface area contributed by atoms with Crippen molar-refractivity contribution in [3.63, 3.8) is 0 Å². The van der Waals surface area contributed by atoms with Gasteiger partial charge in [-0.05, 0) is 12.1 Å². The molecule has 2 aromatic rings. The van der Waals surface area contributed by atoms with Crippen molar-refractivity contribution in [3.05, 3.63) is 52.8 Å². The Bertz CT molecular complexity index is 716. The van der Waals surface area contributed by atoms with Crippen LogP contribution in [0.3, 0.4) is 0 Å². The third kappa shape index (κ3) is 3.01. The largest absolute Gasteiger partial charge is 0.387 e. The molecule has 2 atom stereocenters. The summed E-state index contributed by atoms with van der Waals surface area (Å²) in [4.78, 5) is 6.64. The molecule has 1 aromatic carbocycles. The predicted octanol–water partition coefficient (Wildman–Crippen LogP) is 3.33. The van der Waals surface area contributed by atoms with Gasteiger partial charge in [0, 0.05) is 48.5 Å². The molecule has 1 fully saturated rings. The van der Waals surface area contributed by atoms with Crippen LogP contribution in [0.5, 0.6) is 0 Å². The van der Waals surface area contributed by atoms with Gasteiger partial charge in [0.1, 0.15) is 11.6 Å². The van der Waals surface area contributed by atoms with Crippen molar-refractivity contribution in [3.8, 4) is 0 Å². The van der Waals surface area contributed by atoms with Crippen LogP contribution in [0.15, 0.2) is 30.6 Å². The van der Waals surface area contributed by atoms with Gasteiger partial charge in [-0.3, -0.25) is 4.90 Å². The van der Waals surface area contributed by atoms with Gasteiger partial charge in [-0.25, -0.2) is 9.37 Å². The van der Waals surface area contributed by atoms with Gasteiger partial charge in [0.05, 0.1) is 12.1 Å². The minimum Gasteiger partial charge on any atom is -0.387 e. The fourth-order valence-electron chi connectivity index (χ4n) is 3.50. The molecular weight excluding hydrogens is 317 g/mol. The number of likely N-dealkylation sites (tertiary alicyclic amines) is 1. The van der Waals surface area contributed by atoms with Crippen LogP contribution >= 0.6 is 11.6 Å². The first kappa shape index (κ1) is 16.4. The monoisotopic (exact) mass is 337 g/mol. The lowest BCUT2D eigenvalue weighted by Gasteiger charge is -2.54. The van der Waals surface area contributed by atoms with E-state index in [1.807, 2.05) is 17.8 Å². The minimum absolute atomic E-state index is 0.0887. The first-order chi connectivity index (χ1) is 10.8. The van der Waals surface area contributed by atoms with E-state index in [0.29, 0.717) is 12.1 Å². The van der Waals surface area contributed by atoms with Crippen molar-refractivity contribution in [2.24, 2.45) is 12.5 Å². The van der Waals surface area contributed by atoms with Gasteiger partial charge in [-0.2, -0.15) is 0 Å².